The zero-order chi connectivity index (χ0) is 13.0. The lowest BCUT2D eigenvalue weighted by molar-refractivity contribution is -0.130. The molecule has 1 N–H and O–H groups in total. The third kappa shape index (κ3) is 3.05. The first-order valence-corrected chi connectivity index (χ1v) is 6.08. The second-order valence-electron chi connectivity index (χ2n) is 3.62. The summed E-state index contributed by atoms with van der Waals surface area (Å²) >= 11 is 3.32. The molecule has 0 radical (unpaired) electrons. The largest absolute Gasteiger partial charge is 0.478 e. The highest BCUT2D eigenvalue weighted by Gasteiger charge is 2.10. The second kappa shape index (κ2) is 5.60. The Kier molecular flexibility index (Phi) is 3.89. The first-order valence-electron chi connectivity index (χ1n) is 5.29. The van der Waals surface area contributed by atoms with E-state index in [1.807, 2.05) is 18.2 Å². The van der Waals surface area contributed by atoms with E-state index < -0.39 is 5.97 Å². The van der Waals surface area contributed by atoms with Crippen LogP contribution in [-0.4, -0.2) is 16.1 Å². The molecule has 2 aromatic rings. The van der Waals surface area contributed by atoms with Gasteiger partial charge in [-0.2, -0.15) is 0 Å². The van der Waals surface area contributed by atoms with Crippen molar-refractivity contribution in [3.63, 3.8) is 0 Å². The number of nitrogens with zero attached hydrogens (tertiary/aromatic N) is 1. The number of hydrogen-bond acceptors (Lipinski definition) is 2. The fourth-order valence-electron chi connectivity index (χ4n) is 1.51. The summed E-state index contributed by atoms with van der Waals surface area (Å²) < 4.78 is 0.911. The van der Waals surface area contributed by atoms with E-state index in [1.165, 1.54) is 0 Å². The van der Waals surface area contributed by atoms with Gasteiger partial charge in [-0.3, -0.25) is 4.98 Å². The zero-order valence-corrected chi connectivity index (χ0v) is 11.0. The van der Waals surface area contributed by atoms with Gasteiger partial charge in [0.15, 0.2) is 0 Å². The molecule has 1 aromatic heterocycles. The van der Waals surface area contributed by atoms with Crippen LogP contribution in [0.15, 0.2) is 53.1 Å². The zero-order valence-electron chi connectivity index (χ0n) is 9.38. The molecule has 0 unspecified atom stereocenters. The van der Waals surface area contributed by atoms with Gasteiger partial charge in [0.1, 0.15) is 0 Å². The first-order chi connectivity index (χ1) is 8.66. The van der Waals surface area contributed by atoms with Gasteiger partial charge in [-0.1, -0.05) is 34.1 Å². The van der Waals surface area contributed by atoms with Crippen molar-refractivity contribution in [1.29, 1.82) is 0 Å². The molecule has 0 atom stereocenters. The average Bonchev–Trinajstić information content (AvgIpc) is 2.38. The van der Waals surface area contributed by atoms with Gasteiger partial charge in [0.05, 0.1) is 11.3 Å². The Morgan fingerprint density at radius 2 is 1.89 bits per heavy atom. The van der Waals surface area contributed by atoms with E-state index in [9.17, 15) is 9.90 Å². The van der Waals surface area contributed by atoms with Gasteiger partial charge in [0.2, 0.25) is 0 Å². The summed E-state index contributed by atoms with van der Waals surface area (Å²) in [5, 5.41) is 9.25. The fourth-order valence-corrected chi connectivity index (χ4v) is 1.77. The Morgan fingerprint density at radius 3 is 2.44 bits per heavy atom. The summed E-state index contributed by atoms with van der Waals surface area (Å²) in [4.78, 5) is 15.4. The van der Waals surface area contributed by atoms with Crippen LogP contribution in [0.3, 0.4) is 0 Å². The van der Waals surface area contributed by atoms with Crippen molar-refractivity contribution in [3.05, 3.63) is 64.4 Å². The number of carbonyl (C=O) groups is 1. The van der Waals surface area contributed by atoms with Crippen molar-refractivity contribution in [2.45, 2.75) is 0 Å². The van der Waals surface area contributed by atoms with Gasteiger partial charge < -0.3 is 5.11 Å². The van der Waals surface area contributed by atoms with Gasteiger partial charge in [0, 0.05) is 10.7 Å². The van der Waals surface area contributed by atoms with Crippen molar-refractivity contribution >= 4 is 33.5 Å². The monoisotopic (exact) mass is 303 g/mol. The molecule has 0 fully saturated rings. The van der Waals surface area contributed by atoms with Gasteiger partial charge in [-0.05, 0) is 35.9 Å². The summed E-state index contributed by atoms with van der Waals surface area (Å²) in [5.41, 5.74) is 1.50. The maximum absolute atomic E-state index is 11.3. The van der Waals surface area contributed by atoms with Crippen LogP contribution >= 0.6 is 15.9 Å². The third-order valence-corrected chi connectivity index (χ3v) is 2.89. The molecule has 1 aromatic carbocycles. The molecular formula is C14H10BrNO2. The molecule has 90 valence electrons. The van der Waals surface area contributed by atoms with Crippen molar-refractivity contribution in [2.75, 3.05) is 0 Å². The topological polar surface area (TPSA) is 50.2 Å². The van der Waals surface area contributed by atoms with Gasteiger partial charge >= 0.3 is 5.97 Å². The van der Waals surface area contributed by atoms with Crippen molar-refractivity contribution in [1.82, 2.24) is 4.98 Å². The number of aliphatic carboxylic acids is 1. The van der Waals surface area contributed by atoms with Crippen LogP contribution in [-0.2, 0) is 4.79 Å². The lowest BCUT2D eigenvalue weighted by Gasteiger charge is -2.03. The van der Waals surface area contributed by atoms with E-state index in [-0.39, 0.29) is 5.57 Å². The number of rotatable bonds is 3. The summed E-state index contributed by atoms with van der Waals surface area (Å²) in [7, 11) is 0. The minimum Gasteiger partial charge on any atom is -0.478 e. The fraction of sp³-hybridized carbons (Fsp3) is 0. The maximum Gasteiger partial charge on any atom is 0.336 e. The minimum atomic E-state index is -0.969. The molecule has 0 spiro atoms. The maximum atomic E-state index is 11.3. The lowest BCUT2D eigenvalue weighted by Crippen LogP contribution is -1.99. The van der Waals surface area contributed by atoms with Crippen LogP contribution in [0, 0.1) is 0 Å². The van der Waals surface area contributed by atoms with Crippen LogP contribution < -0.4 is 0 Å². The van der Waals surface area contributed by atoms with E-state index in [2.05, 4.69) is 20.9 Å². The highest BCUT2D eigenvalue weighted by molar-refractivity contribution is 9.10. The van der Waals surface area contributed by atoms with Gasteiger partial charge in [-0.15, -0.1) is 0 Å². The van der Waals surface area contributed by atoms with Crippen LogP contribution in [0.4, 0.5) is 0 Å². The third-order valence-electron chi connectivity index (χ3n) is 2.37. The number of hydrogen-bond donors (Lipinski definition) is 1. The summed E-state index contributed by atoms with van der Waals surface area (Å²) in [6.45, 7) is 0. The molecule has 2 rings (SSSR count). The van der Waals surface area contributed by atoms with E-state index in [4.69, 9.17) is 0 Å². The normalized spacial score (nSPS) is 11.3. The quantitative estimate of drug-likeness (QED) is 0.883. The number of aromatic nitrogens is 1. The molecule has 1 heterocycles. The Hall–Kier alpha value is -1.94. The van der Waals surface area contributed by atoms with E-state index in [0.717, 1.165) is 4.47 Å². The highest BCUT2D eigenvalue weighted by atomic mass is 79.9. The van der Waals surface area contributed by atoms with Crippen molar-refractivity contribution in [2.24, 2.45) is 0 Å². The molecule has 3 nitrogen and oxygen atoms in total. The molecule has 0 saturated heterocycles. The van der Waals surface area contributed by atoms with Gasteiger partial charge in [-0.25, -0.2) is 4.79 Å². The second-order valence-corrected chi connectivity index (χ2v) is 4.54. The number of carboxylic acid groups (broad SMARTS) is 1. The minimum absolute atomic E-state index is 0.223. The van der Waals surface area contributed by atoms with Crippen molar-refractivity contribution in [3.8, 4) is 0 Å². The van der Waals surface area contributed by atoms with Crippen molar-refractivity contribution < 1.29 is 9.90 Å². The van der Waals surface area contributed by atoms with Crippen LogP contribution in [0.25, 0.3) is 11.6 Å². The summed E-state index contributed by atoms with van der Waals surface area (Å²) in [6.07, 6.45) is 3.19. The molecule has 0 saturated carbocycles. The molecule has 0 aliphatic heterocycles. The molecular weight excluding hydrogens is 294 g/mol. The molecule has 0 amide bonds. The van der Waals surface area contributed by atoms with E-state index in [0.29, 0.717) is 11.3 Å². The Bertz CT molecular complexity index is 577. The smallest absolute Gasteiger partial charge is 0.336 e. The van der Waals surface area contributed by atoms with E-state index in [1.54, 1.807) is 36.5 Å². The number of pyridine rings is 1. The molecule has 0 aliphatic rings. The predicted molar refractivity (Wildman–Crippen MR) is 73.9 cm³/mol. The van der Waals surface area contributed by atoms with E-state index >= 15 is 0 Å². The highest BCUT2D eigenvalue weighted by Crippen LogP contribution is 2.20. The molecule has 4 heteroatoms. The first kappa shape index (κ1) is 12.5. The summed E-state index contributed by atoms with van der Waals surface area (Å²) in [5.74, 6) is -0.969. The number of benzene rings is 1. The van der Waals surface area contributed by atoms with Crippen LogP contribution in [0.1, 0.15) is 11.3 Å². The molecule has 0 bridgehead atoms. The Labute approximate surface area is 113 Å². The number of halogens is 1. The molecule has 18 heavy (non-hydrogen) atoms. The Balaban J connectivity index is 2.44. The van der Waals surface area contributed by atoms with Crippen LogP contribution in [0.2, 0.25) is 0 Å². The lowest BCUT2D eigenvalue weighted by atomic mass is 10.0. The summed E-state index contributed by atoms with van der Waals surface area (Å²) in [6, 6.07) is 12.5. The Morgan fingerprint density at radius 1 is 1.17 bits per heavy atom. The SMILES string of the molecule is O=C(O)/C(=C\c1ccccn1)c1ccc(Br)cc1. The average molecular weight is 304 g/mol. The standard InChI is InChI=1S/C14H10BrNO2/c15-11-6-4-10(5-7-11)13(14(17)18)9-12-3-1-2-8-16-12/h1-9H,(H,17,18)/b13-9-. The number of carboxylic acids is 1. The molecule has 0 aliphatic carbocycles. The van der Waals surface area contributed by atoms with Crippen LogP contribution in [0.5, 0.6) is 0 Å². The van der Waals surface area contributed by atoms with Gasteiger partial charge in [0.25, 0.3) is 0 Å². The predicted octanol–water partition coefficient (Wildman–Crippen LogP) is 3.47.